The average Bonchev–Trinajstić information content (AvgIpc) is 3.09. The number of hydrogen-bond donors (Lipinski definition) is 0. The van der Waals surface area contributed by atoms with Crippen LogP contribution in [0.4, 0.5) is 11.5 Å². The molecule has 1 atom stereocenters. The summed E-state index contributed by atoms with van der Waals surface area (Å²) >= 11 is 6.28. The number of aromatic nitrogens is 5. The first-order valence-electron chi connectivity index (χ1n) is 7.90. The van der Waals surface area contributed by atoms with Crippen LogP contribution in [0.3, 0.4) is 0 Å². The first-order valence-corrected chi connectivity index (χ1v) is 8.28. The van der Waals surface area contributed by atoms with Crippen LogP contribution in [0.1, 0.15) is 12.6 Å². The van der Waals surface area contributed by atoms with Crippen LogP contribution in [0.25, 0.3) is 5.65 Å². The predicted molar refractivity (Wildman–Crippen MR) is 93.8 cm³/mol. The van der Waals surface area contributed by atoms with Gasteiger partial charge in [0.1, 0.15) is 23.9 Å². The lowest BCUT2D eigenvalue weighted by Crippen LogP contribution is -2.52. The molecule has 8 nitrogen and oxygen atoms in total. The lowest BCUT2D eigenvalue weighted by Gasteiger charge is -2.41. The van der Waals surface area contributed by atoms with Gasteiger partial charge in [0, 0.05) is 31.9 Å². The minimum atomic E-state index is 0.227. The maximum absolute atomic E-state index is 9.06. The number of anilines is 2. The molecule has 3 aromatic heterocycles. The monoisotopic (exact) mass is 354 g/mol. The zero-order valence-electron chi connectivity index (χ0n) is 13.5. The number of nitrogens with zero attached hydrogens (tertiary/aromatic N) is 8. The Hall–Kier alpha value is -2.92. The number of nitriles is 1. The highest BCUT2D eigenvalue weighted by atomic mass is 35.5. The quantitative estimate of drug-likeness (QED) is 0.693. The van der Waals surface area contributed by atoms with Crippen molar-refractivity contribution in [3.05, 3.63) is 41.4 Å². The molecule has 0 spiro atoms. The van der Waals surface area contributed by atoms with Crippen LogP contribution < -0.4 is 9.80 Å². The lowest BCUT2D eigenvalue weighted by molar-refractivity contribution is 0.542. The van der Waals surface area contributed by atoms with Gasteiger partial charge in [-0.3, -0.25) is 0 Å². The molecule has 1 fully saturated rings. The van der Waals surface area contributed by atoms with Crippen LogP contribution in [0.15, 0.2) is 30.7 Å². The summed E-state index contributed by atoms with van der Waals surface area (Å²) in [5.41, 5.74) is 1.94. The van der Waals surface area contributed by atoms with Gasteiger partial charge in [-0.25, -0.2) is 4.98 Å². The second-order valence-electron chi connectivity index (χ2n) is 5.95. The molecule has 1 aliphatic rings. The van der Waals surface area contributed by atoms with Crippen molar-refractivity contribution in [2.45, 2.75) is 13.0 Å². The SMILES string of the molecule is CC1CN(c2cc(C#N)ncc2Cl)CCN1c1ccc2nncn2n1. The minimum Gasteiger partial charge on any atom is -0.366 e. The summed E-state index contributed by atoms with van der Waals surface area (Å²) in [5.74, 6) is 0.887. The summed E-state index contributed by atoms with van der Waals surface area (Å²) in [7, 11) is 0. The molecule has 1 aliphatic heterocycles. The minimum absolute atomic E-state index is 0.227. The van der Waals surface area contributed by atoms with E-state index in [9.17, 15) is 0 Å². The normalized spacial score (nSPS) is 17.7. The van der Waals surface area contributed by atoms with Crippen molar-refractivity contribution in [2.24, 2.45) is 0 Å². The third kappa shape index (κ3) is 2.83. The standard InChI is InChI=1S/C16H15ClN8/c1-11-9-23(14-6-12(7-18)19-8-13(14)17)4-5-24(11)16-3-2-15-21-20-10-25(15)22-16/h2-3,6,8,10-11H,4-5,9H2,1H3. The number of pyridine rings is 1. The van der Waals surface area contributed by atoms with E-state index in [1.807, 2.05) is 12.1 Å². The zero-order chi connectivity index (χ0) is 17.4. The number of piperazine rings is 1. The molecule has 0 aliphatic carbocycles. The smallest absolute Gasteiger partial charge is 0.177 e. The maximum Gasteiger partial charge on any atom is 0.177 e. The third-order valence-corrected chi connectivity index (χ3v) is 4.65. The van der Waals surface area contributed by atoms with E-state index in [-0.39, 0.29) is 6.04 Å². The Morgan fingerprint density at radius 3 is 3.00 bits per heavy atom. The van der Waals surface area contributed by atoms with Gasteiger partial charge in [-0.1, -0.05) is 11.6 Å². The van der Waals surface area contributed by atoms with E-state index in [1.165, 1.54) is 6.20 Å². The van der Waals surface area contributed by atoms with Crippen molar-refractivity contribution in [1.82, 2.24) is 24.8 Å². The summed E-state index contributed by atoms with van der Waals surface area (Å²) in [4.78, 5) is 8.43. The summed E-state index contributed by atoms with van der Waals surface area (Å²) in [5, 5.41) is 22.0. The van der Waals surface area contributed by atoms with Gasteiger partial charge in [0.2, 0.25) is 0 Å². The molecule has 0 aromatic carbocycles. The van der Waals surface area contributed by atoms with Gasteiger partial charge in [0.25, 0.3) is 0 Å². The van der Waals surface area contributed by atoms with Gasteiger partial charge in [0.15, 0.2) is 5.65 Å². The zero-order valence-corrected chi connectivity index (χ0v) is 14.3. The van der Waals surface area contributed by atoms with E-state index in [0.29, 0.717) is 10.7 Å². The van der Waals surface area contributed by atoms with Crippen molar-refractivity contribution in [2.75, 3.05) is 29.4 Å². The van der Waals surface area contributed by atoms with E-state index in [1.54, 1.807) is 16.9 Å². The second kappa shape index (κ2) is 6.18. The van der Waals surface area contributed by atoms with Crippen LogP contribution in [-0.4, -0.2) is 50.5 Å². The largest absolute Gasteiger partial charge is 0.366 e. The molecule has 0 saturated carbocycles. The number of halogens is 1. The van der Waals surface area contributed by atoms with E-state index in [0.717, 1.165) is 36.8 Å². The van der Waals surface area contributed by atoms with Crippen LogP contribution in [0.2, 0.25) is 5.02 Å². The summed E-state index contributed by atoms with van der Waals surface area (Å²) in [6.45, 7) is 4.49. The van der Waals surface area contributed by atoms with Crippen molar-refractivity contribution in [3.63, 3.8) is 0 Å². The molecule has 25 heavy (non-hydrogen) atoms. The fourth-order valence-electron chi connectivity index (χ4n) is 3.12. The van der Waals surface area contributed by atoms with Crippen molar-refractivity contribution in [1.29, 1.82) is 5.26 Å². The van der Waals surface area contributed by atoms with Crippen LogP contribution in [-0.2, 0) is 0 Å². The highest BCUT2D eigenvalue weighted by molar-refractivity contribution is 6.33. The molecule has 0 radical (unpaired) electrons. The molecule has 0 amide bonds. The first kappa shape index (κ1) is 15.6. The van der Waals surface area contributed by atoms with Crippen LogP contribution in [0.5, 0.6) is 0 Å². The molecule has 4 rings (SSSR count). The molecule has 126 valence electrons. The van der Waals surface area contributed by atoms with Gasteiger partial charge in [0.05, 0.1) is 10.7 Å². The Bertz CT molecular complexity index is 962. The average molecular weight is 355 g/mol. The van der Waals surface area contributed by atoms with E-state index >= 15 is 0 Å². The third-order valence-electron chi connectivity index (χ3n) is 4.36. The highest BCUT2D eigenvalue weighted by Gasteiger charge is 2.26. The van der Waals surface area contributed by atoms with Crippen molar-refractivity contribution in [3.8, 4) is 6.07 Å². The number of fused-ring (bicyclic) bond motifs is 1. The van der Waals surface area contributed by atoms with Crippen molar-refractivity contribution >= 4 is 28.8 Å². The van der Waals surface area contributed by atoms with Gasteiger partial charge in [-0.05, 0) is 25.1 Å². The summed E-state index contributed by atoms with van der Waals surface area (Å²) in [6.07, 6.45) is 3.13. The molecule has 9 heteroatoms. The maximum atomic E-state index is 9.06. The van der Waals surface area contributed by atoms with Crippen LogP contribution in [0, 0.1) is 11.3 Å². The van der Waals surface area contributed by atoms with Crippen molar-refractivity contribution < 1.29 is 0 Å². The predicted octanol–water partition coefficient (Wildman–Crippen LogP) is 1.76. The molecule has 4 heterocycles. The fraction of sp³-hybridized carbons (Fsp3) is 0.312. The topological polar surface area (TPSA) is 86.2 Å². The summed E-state index contributed by atoms with van der Waals surface area (Å²) < 4.78 is 1.67. The van der Waals surface area contributed by atoms with E-state index in [2.05, 4.69) is 43.1 Å². The molecule has 1 saturated heterocycles. The van der Waals surface area contributed by atoms with Gasteiger partial charge in [-0.2, -0.15) is 9.78 Å². The Labute approximate surface area is 149 Å². The number of rotatable bonds is 2. The Morgan fingerprint density at radius 1 is 1.32 bits per heavy atom. The Balaban J connectivity index is 1.57. The molecular weight excluding hydrogens is 340 g/mol. The number of hydrogen-bond acceptors (Lipinski definition) is 7. The van der Waals surface area contributed by atoms with Crippen LogP contribution >= 0.6 is 11.6 Å². The van der Waals surface area contributed by atoms with E-state index < -0.39 is 0 Å². The lowest BCUT2D eigenvalue weighted by atomic mass is 10.1. The first-order chi connectivity index (χ1) is 12.2. The summed E-state index contributed by atoms with van der Waals surface area (Å²) in [6, 6.07) is 7.90. The fourth-order valence-corrected chi connectivity index (χ4v) is 3.34. The molecule has 0 N–H and O–H groups in total. The van der Waals surface area contributed by atoms with Gasteiger partial charge < -0.3 is 9.80 Å². The second-order valence-corrected chi connectivity index (χ2v) is 6.35. The molecule has 1 unspecified atom stereocenters. The van der Waals surface area contributed by atoms with Gasteiger partial charge >= 0.3 is 0 Å². The van der Waals surface area contributed by atoms with Gasteiger partial charge in [-0.15, -0.1) is 15.3 Å². The molecular formula is C16H15ClN8. The van der Waals surface area contributed by atoms with E-state index in [4.69, 9.17) is 16.9 Å². The Kier molecular flexibility index (Phi) is 3.86. The highest BCUT2D eigenvalue weighted by Crippen LogP contribution is 2.29. The molecule has 3 aromatic rings. The molecule has 0 bridgehead atoms. The Morgan fingerprint density at radius 2 is 2.20 bits per heavy atom.